The van der Waals surface area contributed by atoms with Crippen LogP contribution in [0, 0.1) is 0 Å². The van der Waals surface area contributed by atoms with Gasteiger partial charge in [0.15, 0.2) is 5.96 Å². The van der Waals surface area contributed by atoms with Crippen LogP contribution in [0.4, 0.5) is 0 Å². The van der Waals surface area contributed by atoms with Crippen LogP contribution in [0.3, 0.4) is 0 Å². The van der Waals surface area contributed by atoms with E-state index in [-0.39, 0.29) is 24.0 Å². The first-order valence-corrected chi connectivity index (χ1v) is 10.7. The number of nitrogens with zero attached hydrogens (tertiary/aromatic N) is 2. The van der Waals surface area contributed by atoms with E-state index in [4.69, 9.17) is 14.1 Å². The summed E-state index contributed by atoms with van der Waals surface area (Å²) in [5, 5.41) is 7.11. The number of piperidine rings is 1. The quantitative estimate of drug-likeness (QED) is 0.196. The van der Waals surface area contributed by atoms with E-state index in [1.165, 1.54) is 45.3 Å². The Morgan fingerprint density at radius 3 is 2.79 bits per heavy atom. The van der Waals surface area contributed by atoms with Gasteiger partial charge < -0.3 is 24.7 Å². The number of halogens is 1. The highest BCUT2D eigenvalue weighted by Crippen LogP contribution is 2.11. The molecule has 2 rings (SSSR count). The highest BCUT2D eigenvalue weighted by Gasteiger charge is 2.19. The van der Waals surface area contributed by atoms with Crippen LogP contribution in [0.25, 0.3) is 0 Å². The van der Waals surface area contributed by atoms with Crippen molar-refractivity contribution >= 4 is 29.9 Å². The van der Waals surface area contributed by atoms with Crippen molar-refractivity contribution in [1.29, 1.82) is 0 Å². The molecule has 0 unspecified atom stereocenters. The van der Waals surface area contributed by atoms with E-state index in [0.29, 0.717) is 6.04 Å². The molecule has 0 atom stereocenters. The minimum Gasteiger partial charge on any atom is -0.469 e. The van der Waals surface area contributed by atoms with E-state index >= 15 is 0 Å². The smallest absolute Gasteiger partial charge is 0.191 e. The molecular weight excluding hydrogens is 467 g/mol. The monoisotopic (exact) mass is 506 g/mol. The molecule has 1 aliphatic rings. The van der Waals surface area contributed by atoms with Gasteiger partial charge in [-0.25, -0.2) is 0 Å². The van der Waals surface area contributed by atoms with Crippen molar-refractivity contribution in [1.82, 2.24) is 15.5 Å². The molecule has 6 nitrogen and oxygen atoms in total. The molecule has 7 heteroatoms. The Morgan fingerprint density at radius 1 is 1.29 bits per heavy atom. The zero-order chi connectivity index (χ0) is 19.2. The van der Waals surface area contributed by atoms with Crippen molar-refractivity contribution in [3.8, 4) is 0 Å². The van der Waals surface area contributed by atoms with Crippen LogP contribution in [-0.2, 0) is 11.2 Å². The van der Waals surface area contributed by atoms with Gasteiger partial charge in [-0.1, -0.05) is 13.3 Å². The highest BCUT2D eigenvalue weighted by molar-refractivity contribution is 14.0. The lowest BCUT2D eigenvalue weighted by molar-refractivity contribution is 0.146. The first-order chi connectivity index (χ1) is 13.3. The maximum absolute atomic E-state index is 5.41. The molecule has 1 aromatic heterocycles. The van der Waals surface area contributed by atoms with Crippen molar-refractivity contribution in [3.05, 3.63) is 24.2 Å². The van der Waals surface area contributed by atoms with Crippen molar-refractivity contribution in [2.45, 2.75) is 58.4 Å². The lowest BCUT2D eigenvalue weighted by Crippen LogP contribution is -2.49. The molecule has 0 amide bonds. The molecular formula is C21H39IN4O2. The van der Waals surface area contributed by atoms with Gasteiger partial charge in [0.1, 0.15) is 5.76 Å². The molecule has 0 saturated carbocycles. The Labute approximate surface area is 187 Å². The average Bonchev–Trinajstić information content (AvgIpc) is 3.20. The standard InChI is InChI=1S/C21H38N4O2.HI/c1-3-5-14-25-15-10-19(11-16-25)24-21(22-12-7-17-26-4-2)23-13-9-20-8-6-18-27-20;/h6,8,18-19H,3-5,7,9-17H2,1-2H3,(H2,22,23,24);1H. The summed E-state index contributed by atoms with van der Waals surface area (Å²) < 4.78 is 10.8. The van der Waals surface area contributed by atoms with E-state index in [0.717, 1.165) is 50.9 Å². The molecule has 0 aliphatic carbocycles. The summed E-state index contributed by atoms with van der Waals surface area (Å²) in [5.74, 6) is 1.92. The van der Waals surface area contributed by atoms with Crippen molar-refractivity contribution in [2.24, 2.45) is 4.99 Å². The lowest BCUT2D eigenvalue weighted by atomic mass is 10.0. The van der Waals surface area contributed by atoms with Gasteiger partial charge in [0.25, 0.3) is 0 Å². The molecule has 1 saturated heterocycles. The summed E-state index contributed by atoms with van der Waals surface area (Å²) >= 11 is 0. The second-order valence-corrected chi connectivity index (χ2v) is 7.15. The average molecular weight is 506 g/mol. The molecule has 162 valence electrons. The van der Waals surface area contributed by atoms with Crippen LogP contribution in [0.5, 0.6) is 0 Å². The minimum atomic E-state index is 0. The van der Waals surface area contributed by atoms with Crippen LogP contribution in [0.2, 0.25) is 0 Å². The number of likely N-dealkylation sites (tertiary alicyclic amines) is 1. The predicted molar refractivity (Wildman–Crippen MR) is 127 cm³/mol. The number of furan rings is 1. The fourth-order valence-corrected chi connectivity index (χ4v) is 3.29. The summed E-state index contributed by atoms with van der Waals surface area (Å²) in [7, 11) is 0. The second-order valence-electron chi connectivity index (χ2n) is 7.15. The third-order valence-corrected chi connectivity index (χ3v) is 4.92. The topological polar surface area (TPSA) is 62.0 Å². The number of guanidine groups is 1. The van der Waals surface area contributed by atoms with Gasteiger partial charge >= 0.3 is 0 Å². The van der Waals surface area contributed by atoms with Gasteiger partial charge in [-0.05, 0) is 51.3 Å². The molecule has 1 aromatic rings. The van der Waals surface area contributed by atoms with Crippen LogP contribution in [0.15, 0.2) is 27.8 Å². The van der Waals surface area contributed by atoms with E-state index in [2.05, 4.69) is 22.5 Å². The summed E-state index contributed by atoms with van der Waals surface area (Å²) in [5.41, 5.74) is 0. The molecule has 2 N–H and O–H groups in total. The maximum Gasteiger partial charge on any atom is 0.191 e. The van der Waals surface area contributed by atoms with Gasteiger partial charge in [-0.2, -0.15) is 0 Å². The predicted octanol–water partition coefficient (Wildman–Crippen LogP) is 3.67. The van der Waals surface area contributed by atoms with E-state index in [1.54, 1.807) is 6.26 Å². The second kappa shape index (κ2) is 16.0. The molecule has 1 fully saturated rings. The molecule has 0 bridgehead atoms. The fourth-order valence-electron chi connectivity index (χ4n) is 3.29. The van der Waals surface area contributed by atoms with Gasteiger partial charge in [0, 0.05) is 51.9 Å². The largest absolute Gasteiger partial charge is 0.469 e. The molecule has 2 heterocycles. The molecule has 28 heavy (non-hydrogen) atoms. The van der Waals surface area contributed by atoms with Crippen molar-refractivity contribution in [3.63, 3.8) is 0 Å². The number of ether oxygens (including phenoxy) is 1. The maximum atomic E-state index is 5.41. The van der Waals surface area contributed by atoms with Gasteiger partial charge in [-0.15, -0.1) is 24.0 Å². The number of hydrogen-bond acceptors (Lipinski definition) is 4. The molecule has 0 spiro atoms. The Hall–Kier alpha value is -0.800. The molecule has 1 aliphatic heterocycles. The summed E-state index contributed by atoms with van der Waals surface area (Å²) in [6, 6.07) is 4.45. The summed E-state index contributed by atoms with van der Waals surface area (Å²) in [6.07, 6.45) is 8.48. The summed E-state index contributed by atoms with van der Waals surface area (Å²) in [4.78, 5) is 7.34. The number of hydrogen-bond donors (Lipinski definition) is 2. The number of unbranched alkanes of at least 4 members (excludes halogenated alkanes) is 1. The fraction of sp³-hybridized carbons (Fsp3) is 0.762. The Morgan fingerprint density at radius 2 is 2.11 bits per heavy atom. The first kappa shape index (κ1) is 25.2. The zero-order valence-corrected chi connectivity index (χ0v) is 20.0. The zero-order valence-electron chi connectivity index (χ0n) is 17.6. The van der Waals surface area contributed by atoms with Crippen molar-refractivity contribution < 1.29 is 9.15 Å². The third-order valence-electron chi connectivity index (χ3n) is 4.92. The van der Waals surface area contributed by atoms with Gasteiger partial charge in [0.05, 0.1) is 6.26 Å². The van der Waals surface area contributed by atoms with E-state index in [1.807, 2.05) is 19.1 Å². The lowest BCUT2D eigenvalue weighted by Gasteiger charge is -2.33. The first-order valence-electron chi connectivity index (χ1n) is 10.7. The Balaban J connectivity index is 0.00000392. The van der Waals surface area contributed by atoms with Gasteiger partial charge in [-0.3, -0.25) is 4.99 Å². The normalized spacial score (nSPS) is 16.0. The minimum absolute atomic E-state index is 0. The van der Waals surface area contributed by atoms with Crippen molar-refractivity contribution in [2.75, 3.05) is 45.9 Å². The van der Waals surface area contributed by atoms with E-state index in [9.17, 15) is 0 Å². The SMILES string of the molecule is CCCCN1CCC(NC(=NCCCOCC)NCCc2ccco2)CC1.I. The Kier molecular flexibility index (Phi) is 14.5. The molecule has 0 radical (unpaired) electrons. The number of rotatable bonds is 12. The Bertz CT molecular complexity index is 503. The van der Waals surface area contributed by atoms with E-state index < -0.39 is 0 Å². The van der Waals surface area contributed by atoms with Crippen LogP contribution in [0.1, 0.15) is 51.7 Å². The molecule has 0 aromatic carbocycles. The highest BCUT2D eigenvalue weighted by atomic mass is 127. The number of aliphatic imine (C=N–C) groups is 1. The van der Waals surface area contributed by atoms with Crippen LogP contribution < -0.4 is 10.6 Å². The third kappa shape index (κ3) is 10.7. The number of nitrogens with one attached hydrogen (secondary N) is 2. The van der Waals surface area contributed by atoms with Crippen LogP contribution >= 0.6 is 24.0 Å². The van der Waals surface area contributed by atoms with Crippen LogP contribution in [-0.4, -0.2) is 62.8 Å². The summed E-state index contributed by atoms with van der Waals surface area (Å²) in [6.45, 7) is 11.0. The van der Waals surface area contributed by atoms with Gasteiger partial charge in [0.2, 0.25) is 0 Å².